The highest BCUT2D eigenvalue weighted by Gasteiger charge is 2.01. The molecular formula is C13H20ClN3O. The number of oxime groups is 1. The van der Waals surface area contributed by atoms with Crippen molar-refractivity contribution in [1.82, 2.24) is 4.90 Å². The van der Waals surface area contributed by atoms with Gasteiger partial charge in [-0.05, 0) is 44.1 Å². The lowest BCUT2D eigenvalue weighted by Gasteiger charge is -2.16. The van der Waals surface area contributed by atoms with Gasteiger partial charge in [-0.3, -0.25) is 0 Å². The van der Waals surface area contributed by atoms with Crippen molar-refractivity contribution in [1.29, 1.82) is 0 Å². The number of hydrogen-bond acceptors (Lipinski definition) is 3. The number of benzene rings is 1. The Labute approximate surface area is 113 Å². The smallest absolute Gasteiger partial charge is 0.139 e. The standard InChI is InChI=1S/C13H20ClN3O/c1-17(8-3-2-7-13(15)16-18)10-11-5-4-6-12(14)9-11/h4-6,9,18H,2-3,7-8,10H2,1H3,(H2,15,16). The van der Waals surface area contributed by atoms with Crippen molar-refractivity contribution in [2.45, 2.75) is 25.8 Å². The van der Waals surface area contributed by atoms with Crippen molar-refractivity contribution in [2.75, 3.05) is 13.6 Å². The summed E-state index contributed by atoms with van der Waals surface area (Å²) in [5.41, 5.74) is 6.61. The molecule has 18 heavy (non-hydrogen) atoms. The molecule has 100 valence electrons. The van der Waals surface area contributed by atoms with Crippen LogP contribution in [0, 0.1) is 0 Å². The molecule has 0 aliphatic rings. The number of rotatable bonds is 7. The van der Waals surface area contributed by atoms with Crippen molar-refractivity contribution in [2.24, 2.45) is 10.9 Å². The van der Waals surface area contributed by atoms with E-state index in [2.05, 4.69) is 23.2 Å². The van der Waals surface area contributed by atoms with Gasteiger partial charge < -0.3 is 15.8 Å². The Morgan fingerprint density at radius 3 is 2.89 bits per heavy atom. The summed E-state index contributed by atoms with van der Waals surface area (Å²) in [7, 11) is 2.07. The van der Waals surface area contributed by atoms with Crippen LogP contribution in [0.2, 0.25) is 5.02 Å². The summed E-state index contributed by atoms with van der Waals surface area (Å²) in [5, 5.41) is 12.1. The fraction of sp³-hybridized carbons (Fsp3) is 0.462. The lowest BCUT2D eigenvalue weighted by atomic mass is 10.2. The first-order valence-corrected chi connectivity index (χ1v) is 6.39. The van der Waals surface area contributed by atoms with Crippen LogP contribution in [0.1, 0.15) is 24.8 Å². The third kappa shape index (κ3) is 5.89. The van der Waals surface area contributed by atoms with E-state index in [1.54, 1.807) is 0 Å². The number of amidine groups is 1. The van der Waals surface area contributed by atoms with E-state index in [4.69, 9.17) is 22.5 Å². The minimum atomic E-state index is 0.299. The zero-order valence-corrected chi connectivity index (χ0v) is 11.4. The van der Waals surface area contributed by atoms with Gasteiger partial charge in [-0.15, -0.1) is 0 Å². The van der Waals surface area contributed by atoms with Gasteiger partial charge in [-0.2, -0.15) is 0 Å². The Hall–Kier alpha value is -1.26. The van der Waals surface area contributed by atoms with Gasteiger partial charge in [0.15, 0.2) is 0 Å². The lowest BCUT2D eigenvalue weighted by molar-refractivity contribution is 0.312. The van der Waals surface area contributed by atoms with E-state index in [1.165, 1.54) is 5.56 Å². The minimum absolute atomic E-state index is 0.299. The van der Waals surface area contributed by atoms with Crippen LogP contribution in [0.15, 0.2) is 29.4 Å². The predicted molar refractivity (Wildman–Crippen MR) is 75.0 cm³/mol. The van der Waals surface area contributed by atoms with Crippen LogP contribution in [0.4, 0.5) is 0 Å². The number of halogens is 1. The Kier molecular flexibility index (Phi) is 6.54. The fourth-order valence-corrected chi connectivity index (χ4v) is 1.98. The maximum Gasteiger partial charge on any atom is 0.139 e. The molecule has 0 aliphatic heterocycles. The summed E-state index contributed by atoms with van der Waals surface area (Å²) < 4.78 is 0. The normalized spacial score (nSPS) is 12.1. The molecule has 1 aromatic carbocycles. The Morgan fingerprint density at radius 1 is 1.44 bits per heavy atom. The van der Waals surface area contributed by atoms with Crippen molar-refractivity contribution in [3.05, 3.63) is 34.9 Å². The Balaban J connectivity index is 2.23. The molecule has 4 nitrogen and oxygen atoms in total. The highest BCUT2D eigenvalue weighted by Crippen LogP contribution is 2.12. The van der Waals surface area contributed by atoms with Crippen LogP contribution in [0.25, 0.3) is 0 Å². The maximum absolute atomic E-state index is 8.40. The van der Waals surface area contributed by atoms with Gasteiger partial charge in [0.2, 0.25) is 0 Å². The molecule has 5 heteroatoms. The van der Waals surface area contributed by atoms with E-state index >= 15 is 0 Å². The molecule has 0 amide bonds. The molecule has 0 saturated carbocycles. The van der Waals surface area contributed by atoms with E-state index in [1.807, 2.05) is 18.2 Å². The molecule has 0 spiro atoms. The van der Waals surface area contributed by atoms with E-state index < -0.39 is 0 Å². The highest BCUT2D eigenvalue weighted by atomic mass is 35.5. The van der Waals surface area contributed by atoms with Crippen LogP contribution >= 0.6 is 11.6 Å². The topological polar surface area (TPSA) is 61.8 Å². The summed E-state index contributed by atoms with van der Waals surface area (Å²) in [4.78, 5) is 2.23. The molecule has 0 heterocycles. The SMILES string of the molecule is CN(CCCC/C(N)=N/O)Cc1cccc(Cl)c1. The molecule has 0 saturated heterocycles. The number of unbranched alkanes of at least 4 members (excludes halogenated alkanes) is 1. The van der Waals surface area contributed by atoms with E-state index in [0.29, 0.717) is 12.3 Å². The average molecular weight is 270 g/mol. The highest BCUT2D eigenvalue weighted by molar-refractivity contribution is 6.30. The maximum atomic E-state index is 8.40. The molecule has 3 N–H and O–H groups in total. The van der Waals surface area contributed by atoms with Gasteiger partial charge in [-0.1, -0.05) is 28.9 Å². The summed E-state index contributed by atoms with van der Waals surface area (Å²) in [6, 6.07) is 7.89. The van der Waals surface area contributed by atoms with Crippen LogP contribution in [-0.4, -0.2) is 29.5 Å². The molecular weight excluding hydrogens is 250 g/mol. The zero-order chi connectivity index (χ0) is 13.4. The van der Waals surface area contributed by atoms with Gasteiger partial charge in [-0.25, -0.2) is 0 Å². The van der Waals surface area contributed by atoms with Gasteiger partial charge in [0.1, 0.15) is 5.84 Å². The minimum Gasteiger partial charge on any atom is -0.409 e. The quantitative estimate of drug-likeness (QED) is 0.263. The van der Waals surface area contributed by atoms with Gasteiger partial charge in [0, 0.05) is 18.0 Å². The molecule has 0 aromatic heterocycles. The summed E-state index contributed by atoms with van der Waals surface area (Å²) >= 11 is 5.94. The Morgan fingerprint density at radius 2 is 2.22 bits per heavy atom. The molecule has 0 atom stereocenters. The van der Waals surface area contributed by atoms with Crippen LogP contribution in [0.3, 0.4) is 0 Å². The molecule has 1 aromatic rings. The predicted octanol–water partition coefficient (Wildman–Crippen LogP) is 2.69. The first-order chi connectivity index (χ1) is 8.61. The van der Waals surface area contributed by atoms with E-state index in [9.17, 15) is 0 Å². The van der Waals surface area contributed by atoms with E-state index in [0.717, 1.165) is 31.0 Å². The van der Waals surface area contributed by atoms with Crippen LogP contribution in [0.5, 0.6) is 0 Å². The summed E-state index contributed by atoms with van der Waals surface area (Å²) in [6.45, 7) is 1.86. The monoisotopic (exact) mass is 269 g/mol. The van der Waals surface area contributed by atoms with Crippen molar-refractivity contribution >= 4 is 17.4 Å². The molecule has 0 unspecified atom stereocenters. The second kappa shape index (κ2) is 7.95. The van der Waals surface area contributed by atoms with Crippen molar-refractivity contribution < 1.29 is 5.21 Å². The first kappa shape index (κ1) is 14.8. The summed E-state index contributed by atoms with van der Waals surface area (Å²) in [5.74, 6) is 0.299. The third-order valence-corrected chi connectivity index (χ3v) is 2.93. The van der Waals surface area contributed by atoms with Crippen LogP contribution < -0.4 is 5.73 Å². The van der Waals surface area contributed by atoms with Crippen molar-refractivity contribution in [3.8, 4) is 0 Å². The summed E-state index contributed by atoms with van der Waals surface area (Å²) in [6.07, 6.45) is 2.59. The first-order valence-electron chi connectivity index (χ1n) is 6.01. The third-order valence-electron chi connectivity index (χ3n) is 2.69. The average Bonchev–Trinajstić information content (AvgIpc) is 2.34. The molecule has 0 bridgehead atoms. The second-order valence-corrected chi connectivity index (χ2v) is 4.85. The molecule has 0 aliphatic carbocycles. The fourth-order valence-electron chi connectivity index (χ4n) is 1.76. The van der Waals surface area contributed by atoms with Crippen LogP contribution in [-0.2, 0) is 6.54 Å². The Bertz CT molecular complexity index is 396. The lowest BCUT2D eigenvalue weighted by Crippen LogP contribution is -2.19. The van der Waals surface area contributed by atoms with Gasteiger partial charge in [0.25, 0.3) is 0 Å². The molecule has 0 fully saturated rings. The van der Waals surface area contributed by atoms with Gasteiger partial charge in [0.05, 0.1) is 0 Å². The van der Waals surface area contributed by atoms with Crippen molar-refractivity contribution in [3.63, 3.8) is 0 Å². The number of hydrogen-bond donors (Lipinski definition) is 2. The number of nitrogens with zero attached hydrogens (tertiary/aromatic N) is 2. The van der Waals surface area contributed by atoms with Gasteiger partial charge >= 0.3 is 0 Å². The molecule has 1 rings (SSSR count). The van der Waals surface area contributed by atoms with E-state index in [-0.39, 0.29) is 0 Å². The number of nitrogens with two attached hydrogens (primary N) is 1. The molecule has 0 radical (unpaired) electrons. The largest absolute Gasteiger partial charge is 0.409 e. The zero-order valence-electron chi connectivity index (χ0n) is 10.6. The second-order valence-electron chi connectivity index (χ2n) is 4.42.